The lowest BCUT2D eigenvalue weighted by molar-refractivity contribution is 1.17. The first-order chi connectivity index (χ1) is 51.6. The molecule has 18 aromatic carbocycles. The minimum Gasteiger partial charge on any atom is -0.311 e. The van der Waals surface area contributed by atoms with Crippen molar-refractivity contribution in [3.63, 3.8) is 0 Å². The zero-order chi connectivity index (χ0) is 68.9. The molecular weight excluding hydrogens is 1260 g/mol. The predicted molar refractivity (Wildman–Crippen MR) is 443 cm³/mol. The summed E-state index contributed by atoms with van der Waals surface area (Å²) in [5.74, 6) is 0. The molecule has 0 aliphatic heterocycles. The van der Waals surface area contributed by atoms with Crippen LogP contribution in [0, 0.1) is 0 Å². The van der Waals surface area contributed by atoms with Gasteiger partial charge in [0.15, 0.2) is 0 Å². The van der Waals surface area contributed by atoms with Crippen LogP contribution in [0.2, 0.25) is 0 Å². The van der Waals surface area contributed by atoms with E-state index in [9.17, 15) is 0 Å². The molecule has 0 aliphatic rings. The Balaban J connectivity index is 0.000000143. The second-order valence-corrected chi connectivity index (χ2v) is 26.8. The molecule has 0 bridgehead atoms. The van der Waals surface area contributed by atoms with Crippen molar-refractivity contribution in [1.82, 2.24) is 9.13 Å². The number of fused-ring (bicyclic) bond motifs is 12. The van der Waals surface area contributed by atoms with Gasteiger partial charge in [-0.1, -0.05) is 279 Å². The lowest BCUT2D eigenvalue weighted by atomic mass is 10.0. The van der Waals surface area contributed by atoms with Crippen molar-refractivity contribution in [2.75, 3.05) is 9.80 Å². The van der Waals surface area contributed by atoms with Gasteiger partial charge in [0.2, 0.25) is 0 Å². The number of aromatic nitrogens is 2. The molecule has 488 valence electrons. The minimum absolute atomic E-state index is 1.10. The van der Waals surface area contributed by atoms with Gasteiger partial charge in [-0.05, 0) is 221 Å². The molecule has 4 nitrogen and oxygen atoms in total. The molecule has 0 radical (unpaired) electrons. The van der Waals surface area contributed by atoms with Gasteiger partial charge in [-0.2, -0.15) is 0 Å². The SMILES string of the molecule is c1ccc(-c2ccc(N(c3ccc(-c4ccc5ccccc5c4)cc3)c3ccc(-n4c5ccccc5c5c6ccccc6ccc54)cc3)cc2)cc1.c1ccc(N(c2ccc(-c3ccc(-n4c5ccccc5c5c6ccccc6ccc54)cc3)cc2)c2ccc(-c3ccc4ccccc4c3)cc2)cc1. The highest BCUT2D eigenvalue weighted by Gasteiger charge is 2.20. The molecule has 0 saturated heterocycles. The van der Waals surface area contributed by atoms with E-state index in [0.29, 0.717) is 0 Å². The zero-order valence-electron chi connectivity index (χ0n) is 57.0. The van der Waals surface area contributed by atoms with Gasteiger partial charge in [-0.15, -0.1) is 0 Å². The minimum atomic E-state index is 1.10. The van der Waals surface area contributed by atoms with Crippen LogP contribution >= 0.6 is 0 Å². The molecule has 2 heterocycles. The maximum Gasteiger partial charge on any atom is 0.0547 e. The maximum atomic E-state index is 2.40. The van der Waals surface area contributed by atoms with Crippen molar-refractivity contribution in [1.29, 1.82) is 0 Å². The normalized spacial score (nSPS) is 11.5. The van der Waals surface area contributed by atoms with E-state index < -0.39 is 0 Å². The van der Waals surface area contributed by atoms with Crippen LogP contribution in [0.4, 0.5) is 34.1 Å². The van der Waals surface area contributed by atoms with Crippen molar-refractivity contribution in [2.24, 2.45) is 0 Å². The molecule has 0 atom stereocenters. The summed E-state index contributed by atoms with van der Waals surface area (Å²) in [5.41, 5.74) is 23.4. The lowest BCUT2D eigenvalue weighted by Gasteiger charge is -2.26. The summed E-state index contributed by atoms with van der Waals surface area (Å²) in [6, 6.07) is 149. The molecule has 0 aliphatic carbocycles. The molecule has 0 fully saturated rings. The fourth-order valence-electron chi connectivity index (χ4n) is 15.6. The third kappa shape index (κ3) is 11.2. The smallest absolute Gasteiger partial charge is 0.0547 e. The van der Waals surface area contributed by atoms with E-state index in [4.69, 9.17) is 0 Å². The Hall–Kier alpha value is -13.8. The Morgan fingerprint density at radius 3 is 0.817 bits per heavy atom. The van der Waals surface area contributed by atoms with E-state index in [0.717, 1.165) is 45.5 Å². The average molecular weight is 1330 g/mol. The topological polar surface area (TPSA) is 16.3 Å². The molecule has 2 aromatic heterocycles. The molecule has 0 spiro atoms. The number of nitrogens with zero attached hydrogens (tertiary/aromatic N) is 4. The molecule has 0 saturated carbocycles. The van der Waals surface area contributed by atoms with E-state index >= 15 is 0 Å². The number of anilines is 6. The van der Waals surface area contributed by atoms with E-state index in [1.54, 1.807) is 0 Å². The van der Waals surface area contributed by atoms with E-state index in [1.807, 2.05) is 0 Å². The first kappa shape index (κ1) is 61.3. The van der Waals surface area contributed by atoms with Crippen LogP contribution in [-0.2, 0) is 0 Å². The number of hydrogen-bond donors (Lipinski definition) is 0. The molecule has 20 rings (SSSR count). The summed E-state index contributed by atoms with van der Waals surface area (Å²) in [6.07, 6.45) is 0. The summed E-state index contributed by atoms with van der Waals surface area (Å²) in [5, 5.41) is 15.3. The van der Waals surface area contributed by atoms with Crippen LogP contribution in [0.3, 0.4) is 0 Å². The van der Waals surface area contributed by atoms with Gasteiger partial charge in [-0.25, -0.2) is 0 Å². The molecule has 0 N–H and O–H groups in total. The Kier molecular flexibility index (Phi) is 15.5. The van der Waals surface area contributed by atoms with Crippen LogP contribution in [-0.4, -0.2) is 9.13 Å². The zero-order valence-corrected chi connectivity index (χ0v) is 57.0. The summed E-state index contributed by atoms with van der Waals surface area (Å²) in [7, 11) is 0. The van der Waals surface area contributed by atoms with Crippen molar-refractivity contribution >= 4 is 121 Å². The number of hydrogen-bond acceptors (Lipinski definition) is 2. The van der Waals surface area contributed by atoms with Gasteiger partial charge in [0.25, 0.3) is 0 Å². The lowest BCUT2D eigenvalue weighted by Crippen LogP contribution is -2.10. The van der Waals surface area contributed by atoms with Gasteiger partial charge < -0.3 is 18.9 Å². The number of para-hydroxylation sites is 3. The number of rotatable bonds is 12. The molecule has 104 heavy (non-hydrogen) atoms. The van der Waals surface area contributed by atoms with E-state index in [2.05, 4.69) is 431 Å². The molecule has 4 heteroatoms. The van der Waals surface area contributed by atoms with Crippen molar-refractivity contribution in [2.45, 2.75) is 0 Å². The summed E-state index contributed by atoms with van der Waals surface area (Å²) in [4.78, 5) is 4.67. The van der Waals surface area contributed by atoms with Crippen molar-refractivity contribution < 1.29 is 0 Å². The van der Waals surface area contributed by atoms with Gasteiger partial charge in [0.05, 0.1) is 22.1 Å². The summed E-state index contributed by atoms with van der Waals surface area (Å²) >= 11 is 0. The Labute approximate surface area is 604 Å². The first-order valence-electron chi connectivity index (χ1n) is 35.7. The van der Waals surface area contributed by atoms with Crippen molar-refractivity contribution in [3.8, 4) is 55.9 Å². The standard InChI is InChI=1S/2C50H34N2/c1-2-13-42(14-3-1)51(44-29-24-38(25-30-44)41-19-18-35-10-4-5-12-40(35)34-41)43-27-20-36(21-28-43)37-22-31-45(32-23-37)52-48-17-9-8-16-47(48)50-46-15-7-6-11-39(46)26-33-49(50)52;1-2-10-35(11-3-1)37-20-25-42(26-21-37)51(43-27-22-38(23-28-43)41-19-18-36-12-4-5-14-40(36)34-41)44-29-31-45(32-30-44)52-48-17-9-8-16-47(48)50-46-15-7-6-13-39(46)24-33-49(50)52/h2*1-34H. The maximum absolute atomic E-state index is 2.40. The van der Waals surface area contributed by atoms with Crippen LogP contribution in [0.25, 0.3) is 143 Å². The molecular formula is C100H68N4. The van der Waals surface area contributed by atoms with Gasteiger partial charge >= 0.3 is 0 Å². The van der Waals surface area contributed by atoms with Gasteiger partial charge in [0.1, 0.15) is 0 Å². The fourth-order valence-corrected chi connectivity index (χ4v) is 15.6. The Morgan fingerprint density at radius 2 is 0.413 bits per heavy atom. The molecule has 0 unspecified atom stereocenters. The van der Waals surface area contributed by atoms with Gasteiger partial charge in [-0.3, -0.25) is 0 Å². The highest BCUT2D eigenvalue weighted by atomic mass is 15.1. The third-order valence-corrected chi connectivity index (χ3v) is 20.7. The second-order valence-electron chi connectivity index (χ2n) is 26.8. The predicted octanol–water partition coefficient (Wildman–Crippen LogP) is 27.8. The summed E-state index contributed by atoms with van der Waals surface area (Å²) in [6.45, 7) is 0. The third-order valence-electron chi connectivity index (χ3n) is 20.7. The monoisotopic (exact) mass is 1320 g/mol. The first-order valence-corrected chi connectivity index (χ1v) is 35.7. The van der Waals surface area contributed by atoms with Crippen LogP contribution in [0.5, 0.6) is 0 Å². The summed E-state index contributed by atoms with van der Waals surface area (Å²) < 4.78 is 4.80. The van der Waals surface area contributed by atoms with E-state index in [1.165, 1.54) is 131 Å². The second kappa shape index (κ2) is 26.4. The van der Waals surface area contributed by atoms with Crippen molar-refractivity contribution in [3.05, 3.63) is 413 Å². The molecule has 20 aromatic rings. The largest absolute Gasteiger partial charge is 0.311 e. The van der Waals surface area contributed by atoms with Crippen LogP contribution in [0.1, 0.15) is 0 Å². The Bertz CT molecular complexity index is 6540. The highest BCUT2D eigenvalue weighted by molar-refractivity contribution is 6.22. The fraction of sp³-hybridized carbons (Fsp3) is 0. The van der Waals surface area contributed by atoms with Gasteiger partial charge in [0, 0.05) is 67.0 Å². The quantitative estimate of drug-likeness (QED) is 0.121. The average Bonchev–Trinajstić information content (AvgIpc) is 1.58. The van der Waals surface area contributed by atoms with Crippen LogP contribution < -0.4 is 9.80 Å². The van der Waals surface area contributed by atoms with E-state index in [-0.39, 0.29) is 0 Å². The number of benzene rings is 18. The van der Waals surface area contributed by atoms with Crippen LogP contribution in [0.15, 0.2) is 413 Å². The highest BCUT2D eigenvalue weighted by Crippen LogP contribution is 2.43. The Morgan fingerprint density at radius 1 is 0.154 bits per heavy atom. The molecule has 0 amide bonds.